The lowest BCUT2D eigenvalue weighted by Gasteiger charge is -2.07. The molecule has 0 atom stereocenters. The first-order valence-corrected chi connectivity index (χ1v) is 11.2. The van der Waals surface area contributed by atoms with E-state index in [1.165, 1.54) is 24.3 Å². The third kappa shape index (κ3) is 9.14. The van der Waals surface area contributed by atoms with E-state index >= 15 is 0 Å². The summed E-state index contributed by atoms with van der Waals surface area (Å²) in [6.07, 6.45) is 7.22. The summed E-state index contributed by atoms with van der Waals surface area (Å²) in [5.41, 5.74) is 7.19. The molecular formula is C25H32N4O4. The second kappa shape index (κ2) is 13.7. The van der Waals surface area contributed by atoms with Gasteiger partial charge in [0.05, 0.1) is 5.56 Å². The van der Waals surface area contributed by atoms with Gasteiger partial charge in [-0.1, -0.05) is 44.2 Å². The molecule has 0 aliphatic carbocycles. The number of unbranched alkanes of at least 4 members (excludes halogenated alkanes) is 6. The molecule has 8 nitrogen and oxygen atoms in total. The Hall–Kier alpha value is -3.68. The first kappa shape index (κ1) is 25.6. The summed E-state index contributed by atoms with van der Waals surface area (Å²) >= 11 is 0. The van der Waals surface area contributed by atoms with E-state index in [1.807, 2.05) is 0 Å². The maximum atomic E-state index is 12.1. The van der Waals surface area contributed by atoms with Crippen molar-refractivity contribution in [3.8, 4) is 0 Å². The van der Waals surface area contributed by atoms with Gasteiger partial charge in [0.15, 0.2) is 0 Å². The van der Waals surface area contributed by atoms with E-state index in [0.717, 1.165) is 44.9 Å². The molecular weight excluding hydrogens is 420 g/mol. The standard InChI is InChI=1S/C25H32N4O4/c26-22(27)18-8-10-19(11-9-18)23(30)28-16-6-4-2-1-3-5-7-17-29-24(31)20-12-14-21(15-13-20)25(32)33/h8-15H,1-7,16-17H2,(H3,26,27)(H,28,30)(H,29,31)(H,32,33). The lowest BCUT2D eigenvalue weighted by molar-refractivity contribution is 0.0696. The molecule has 8 heteroatoms. The van der Waals surface area contributed by atoms with Gasteiger partial charge in [0.25, 0.3) is 11.8 Å². The molecule has 0 aliphatic heterocycles. The highest BCUT2D eigenvalue weighted by Crippen LogP contribution is 2.08. The van der Waals surface area contributed by atoms with Gasteiger partial charge in [0, 0.05) is 29.8 Å². The fourth-order valence-electron chi connectivity index (χ4n) is 3.31. The minimum absolute atomic E-state index is 0.0171. The van der Waals surface area contributed by atoms with E-state index in [4.69, 9.17) is 16.2 Å². The van der Waals surface area contributed by atoms with Crippen LogP contribution in [0.1, 0.15) is 81.6 Å². The van der Waals surface area contributed by atoms with Crippen molar-refractivity contribution in [3.05, 3.63) is 70.8 Å². The fourth-order valence-corrected chi connectivity index (χ4v) is 3.31. The third-order valence-corrected chi connectivity index (χ3v) is 5.28. The highest BCUT2D eigenvalue weighted by Gasteiger charge is 2.07. The number of carbonyl (C=O) groups is 3. The van der Waals surface area contributed by atoms with E-state index in [0.29, 0.717) is 29.8 Å². The minimum Gasteiger partial charge on any atom is -0.478 e. The van der Waals surface area contributed by atoms with Crippen LogP contribution < -0.4 is 16.4 Å². The first-order valence-electron chi connectivity index (χ1n) is 11.2. The molecule has 0 aromatic heterocycles. The minimum atomic E-state index is -1.01. The van der Waals surface area contributed by atoms with Crippen molar-refractivity contribution in [1.29, 1.82) is 5.41 Å². The smallest absolute Gasteiger partial charge is 0.335 e. The van der Waals surface area contributed by atoms with Gasteiger partial charge in [-0.25, -0.2) is 4.79 Å². The Labute approximate surface area is 194 Å². The van der Waals surface area contributed by atoms with E-state index in [-0.39, 0.29) is 23.2 Å². The second-order valence-corrected chi connectivity index (χ2v) is 7.86. The van der Waals surface area contributed by atoms with Gasteiger partial charge in [0.1, 0.15) is 5.84 Å². The van der Waals surface area contributed by atoms with Crippen LogP contribution in [-0.4, -0.2) is 41.8 Å². The number of carboxylic acids is 1. The lowest BCUT2D eigenvalue weighted by atomic mass is 10.1. The molecule has 0 unspecified atom stereocenters. The molecule has 0 saturated heterocycles. The lowest BCUT2D eigenvalue weighted by Crippen LogP contribution is -2.24. The molecule has 0 heterocycles. The van der Waals surface area contributed by atoms with Crippen molar-refractivity contribution in [2.75, 3.05) is 13.1 Å². The Morgan fingerprint density at radius 3 is 1.33 bits per heavy atom. The number of amides is 2. The highest BCUT2D eigenvalue weighted by molar-refractivity contribution is 5.98. The average molecular weight is 453 g/mol. The number of amidine groups is 1. The Balaban J connectivity index is 1.46. The predicted octanol–water partition coefficient (Wildman–Crippen LogP) is 3.56. The molecule has 6 N–H and O–H groups in total. The van der Waals surface area contributed by atoms with Gasteiger partial charge in [-0.15, -0.1) is 0 Å². The van der Waals surface area contributed by atoms with Crippen LogP contribution in [0.25, 0.3) is 0 Å². The number of nitrogens with two attached hydrogens (primary N) is 1. The summed E-state index contributed by atoms with van der Waals surface area (Å²) in [5.74, 6) is -1.34. The van der Waals surface area contributed by atoms with Crippen LogP contribution in [0, 0.1) is 5.41 Å². The van der Waals surface area contributed by atoms with Gasteiger partial charge in [-0.3, -0.25) is 15.0 Å². The van der Waals surface area contributed by atoms with Crippen molar-refractivity contribution in [2.24, 2.45) is 5.73 Å². The van der Waals surface area contributed by atoms with E-state index in [9.17, 15) is 14.4 Å². The molecule has 0 radical (unpaired) electrons. The number of aromatic carboxylic acids is 1. The number of hydrogen-bond acceptors (Lipinski definition) is 4. The average Bonchev–Trinajstić information content (AvgIpc) is 2.82. The summed E-state index contributed by atoms with van der Waals surface area (Å²) in [7, 11) is 0. The molecule has 2 rings (SSSR count). The SMILES string of the molecule is N=C(N)c1ccc(C(=O)NCCCCCCCCCNC(=O)c2ccc(C(=O)O)cc2)cc1. The Morgan fingerprint density at radius 1 is 0.636 bits per heavy atom. The third-order valence-electron chi connectivity index (χ3n) is 5.28. The Bertz CT molecular complexity index is 862. The predicted molar refractivity (Wildman–Crippen MR) is 128 cm³/mol. The number of rotatable bonds is 14. The number of benzene rings is 2. The monoisotopic (exact) mass is 452 g/mol. The van der Waals surface area contributed by atoms with Crippen LogP contribution in [-0.2, 0) is 0 Å². The Kier molecular flexibility index (Phi) is 10.6. The molecule has 0 saturated carbocycles. The molecule has 0 bridgehead atoms. The van der Waals surface area contributed by atoms with Crippen molar-refractivity contribution >= 4 is 23.6 Å². The largest absolute Gasteiger partial charge is 0.478 e. The van der Waals surface area contributed by atoms with Crippen LogP contribution in [0.2, 0.25) is 0 Å². The van der Waals surface area contributed by atoms with Crippen LogP contribution in [0.4, 0.5) is 0 Å². The van der Waals surface area contributed by atoms with Crippen LogP contribution in [0.5, 0.6) is 0 Å². The molecule has 0 spiro atoms. The summed E-state index contributed by atoms with van der Waals surface area (Å²) in [6.45, 7) is 1.23. The quantitative estimate of drug-likeness (QED) is 0.169. The van der Waals surface area contributed by atoms with Crippen molar-refractivity contribution in [1.82, 2.24) is 10.6 Å². The zero-order chi connectivity index (χ0) is 24.1. The van der Waals surface area contributed by atoms with E-state index in [1.54, 1.807) is 24.3 Å². The summed E-state index contributed by atoms with van der Waals surface area (Å²) in [5, 5.41) is 22.0. The first-order chi connectivity index (χ1) is 15.9. The van der Waals surface area contributed by atoms with Crippen LogP contribution in [0.15, 0.2) is 48.5 Å². The highest BCUT2D eigenvalue weighted by atomic mass is 16.4. The summed E-state index contributed by atoms with van der Waals surface area (Å²) in [4.78, 5) is 35.0. The fraction of sp³-hybridized carbons (Fsp3) is 0.360. The number of carboxylic acid groups (broad SMARTS) is 1. The molecule has 2 aromatic carbocycles. The zero-order valence-electron chi connectivity index (χ0n) is 18.7. The van der Waals surface area contributed by atoms with Gasteiger partial charge < -0.3 is 21.5 Å². The topological polar surface area (TPSA) is 145 Å². The number of hydrogen-bond donors (Lipinski definition) is 5. The van der Waals surface area contributed by atoms with Gasteiger partial charge in [0.2, 0.25) is 0 Å². The van der Waals surface area contributed by atoms with Crippen molar-refractivity contribution < 1.29 is 19.5 Å². The second-order valence-electron chi connectivity index (χ2n) is 7.86. The van der Waals surface area contributed by atoms with Gasteiger partial charge in [-0.2, -0.15) is 0 Å². The molecule has 33 heavy (non-hydrogen) atoms. The Morgan fingerprint density at radius 2 is 0.970 bits per heavy atom. The van der Waals surface area contributed by atoms with Gasteiger partial charge in [-0.05, 0) is 49.2 Å². The molecule has 2 aromatic rings. The maximum Gasteiger partial charge on any atom is 0.335 e. The molecule has 176 valence electrons. The number of nitrogens with one attached hydrogen (secondary N) is 3. The zero-order valence-corrected chi connectivity index (χ0v) is 18.7. The summed E-state index contributed by atoms with van der Waals surface area (Å²) in [6, 6.07) is 12.6. The van der Waals surface area contributed by atoms with Crippen molar-refractivity contribution in [3.63, 3.8) is 0 Å². The van der Waals surface area contributed by atoms with Crippen LogP contribution in [0.3, 0.4) is 0 Å². The van der Waals surface area contributed by atoms with Crippen LogP contribution >= 0.6 is 0 Å². The van der Waals surface area contributed by atoms with Crippen molar-refractivity contribution in [2.45, 2.75) is 44.9 Å². The molecule has 2 amide bonds. The maximum absolute atomic E-state index is 12.1. The summed E-state index contributed by atoms with van der Waals surface area (Å²) < 4.78 is 0. The van der Waals surface area contributed by atoms with Gasteiger partial charge >= 0.3 is 5.97 Å². The number of nitrogen functional groups attached to an aromatic ring is 1. The number of carbonyl (C=O) groups excluding carboxylic acids is 2. The normalized spacial score (nSPS) is 10.4. The molecule has 0 fully saturated rings. The molecule has 0 aliphatic rings. The van der Waals surface area contributed by atoms with E-state index in [2.05, 4.69) is 10.6 Å². The van der Waals surface area contributed by atoms with E-state index < -0.39 is 5.97 Å².